The molecule has 1 radical (unpaired) electrons. The summed E-state index contributed by atoms with van der Waals surface area (Å²) in [6.07, 6.45) is 0. The Kier molecular flexibility index (Phi) is 151. The maximum absolute atomic E-state index is 0. The average molecular weight is 182 g/mol. The average Bonchev–Trinajstić information content (AvgIpc) is 0. The second kappa shape index (κ2) is 18.3. The van der Waals surface area contributed by atoms with Crippen LogP contribution in [0.1, 0.15) is 0 Å². The molecule has 0 rings (SSSR count). The molecule has 0 aromatic heterocycles. The Morgan fingerprint density at radius 2 is 1.00 bits per heavy atom. The van der Waals surface area contributed by atoms with Crippen LogP contribution in [-0.2, 0) is 54.4 Å². The molecule has 0 spiro atoms. The van der Waals surface area contributed by atoms with Crippen LogP contribution in [0.5, 0.6) is 0 Å². The van der Waals surface area contributed by atoms with E-state index in [2.05, 4.69) is 0 Å². The summed E-state index contributed by atoms with van der Waals surface area (Å²) in [6.45, 7) is 0. The summed E-state index contributed by atoms with van der Waals surface area (Å²) in [5, 5.41) is 0. The molecule has 0 aliphatic heterocycles. The van der Waals surface area contributed by atoms with E-state index in [-0.39, 0.29) is 79.2 Å². The van der Waals surface area contributed by atoms with Gasteiger partial charge < -0.3 is 7.43 Å². The zero-order chi connectivity index (χ0) is 0. The van der Waals surface area contributed by atoms with Gasteiger partial charge in [-0.3, -0.25) is 0 Å². The van der Waals surface area contributed by atoms with Gasteiger partial charge in [-0.15, -0.1) is 0 Å². The van der Waals surface area contributed by atoms with Crippen LogP contribution in [0, 0.1) is 7.43 Å². The summed E-state index contributed by atoms with van der Waals surface area (Å²) >= 11 is 0. The van der Waals surface area contributed by atoms with E-state index in [1.807, 2.05) is 0 Å². The van der Waals surface area contributed by atoms with Crippen LogP contribution in [-0.4, -0.2) is 17.4 Å². The molecular formula is CH6AlTiY-. The van der Waals surface area contributed by atoms with Crippen LogP contribution < -0.4 is 0 Å². The van der Waals surface area contributed by atoms with Crippen molar-refractivity contribution in [1.82, 2.24) is 0 Å². The Morgan fingerprint density at radius 3 is 1.00 bits per heavy atom. The SMILES string of the molecule is [AlH3].[CH3-].[Ti].[Y]. The van der Waals surface area contributed by atoms with Gasteiger partial charge in [-0.05, 0) is 0 Å². The minimum atomic E-state index is 0. The summed E-state index contributed by atoms with van der Waals surface area (Å²) in [5.74, 6) is 0. The van der Waals surface area contributed by atoms with Crippen molar-refractivity contribution >= 4 is 17.4 Å². The van der Waals surface area contributed by atoms with Crippen molar-refractivity contribution < 1.29 is 54.4 Å². The molecule has 0 aromatic carbocycles. The van der Waals surface area contributed by atoms with Gasteiger partial charge in [-0.1, -0.05) is 0 Å². The Morgan fingerprint density at radius 1 is 1.00 bits per heavy atom. The molecule has 0 amide bonds. The predicted octanol–water partition coefficient (Wildman–Crippen LogP) is -0.739. The molecule has 21 valence electrons. The monoisotopic (exact) mass is 182 g/mol. The summed E-state index contributed by atoms with van der Waals surface area (Å²) in [6, 6.07) is 0. The topological polar surface area (TPSA) is 0 Å². The van der Waals surface area contributed by atoms with Gasteiger partial charge in [0.2, 0.25) is 0 Å². The molecule has 0 aromatic rings. The first kappa shape index (κ1) is 32.9. The predicted molar refractivity (Wildman–Crippen MR) is 16.4 cm³/mol. The van der Waals surface area contributed by atoms with Crippen LogP contribution in [0.15, 0.2) is 0 Å². The second-order valence-corrected chi connectivity index (χ2v) is 0. The van der Waals surface area contributed by atoms with E-state index in [1.165, 1.54) is 0 Å². The van der Waals surface area contributed by atoms with Gasteiger partial charge in [0.05, 0.1) is 0 Å². The smallest absolute Gasteiger partial charge is 0.187 e. The molecule has 0 unspecified atom stereocenters. The fraction of sp³-hybridized carbons (Fsp3) is 0. The van der Waals surface area contributed by atoms with Gasteiger partial charge in [-0.25, -0.2) is 0 Å². The second-order valence-electron chi connectivity index (χ2n) is 0. The van der Waals surface area contributed by atoms with E-state index in [0.717, 1.165) is 0 Å². The van der Waals surface area contributed by atoms with Crippen molar-refractivity contribution in [2.75, 3.05) is 0 Å². The fourth-order valence-electron chi connectivity index (χ4n) is 0. The standard InChI is InChI=1S/CH3.Al.Ti.Y.3H/h1H3;;;;;;/q-1;;;;;;. The molecule has 0 fully saturated rings. The summed E-state index contributed by atoms with van der Waals surface area (Å²) in [5.41, 5.74) is 0. The molecule has 0 aliphatic rings. The molecule has 4 heavy (non-hydrogen) atoms. The van der Waals surface area contributed by atoms with Gasteiger partial charge in [0, 0.05) is 54.4 Å². The Bertz CT molecular complexity index is 8.00. The molecular weight excluding hydrogens is 176 g/mol. The molecule has 0 aliphatic carbocycles. The van der Waals surface area contributed by atoms with Crippen molar-refractivity contribution in [3.8, 4) is 0 Å². The van der Waals surface area contributed by atoms with Gasteiger partial charge in [0.1, 0.15) is 0 Å². The van der Waals surface area contributed by atoms with Crippen LogP contribution in [0.3, 0.4) is 0 Å². The normalized spacial score (nSPS) is 0. The van der Waals surface area contributed by atoms with Crippen molar-refractivity contribution in [3.05, 3.63) is 7.43 Å². The first-order valence-corrected chi connectivity index (χ1v) is 0. The van der Waals surface area contributed by atoms with Gasteiger partial charge in [-0.2, -0.15) is 0 Å². The van der Waals surface area contributed by atoms with E-state index < -0.39 is 0 Å². The van der Waals surface area contributed by atoms with E-state index in [4.69, 9.17) is 0 Å². The number of rotatable bonds is 0. The van der Waals surface area contributed by atoms with E-state index in [1.54, 1.807) is 0 Å². The zero-order valence-corrected chi connectivity index (χ0v) is 6.48. The first-order valence-electron chi connectivity index (χ1n) is 0. The van der Waals surface area contributed by atoms with Crippen LogP contribution in [0.4, 0.5) is 0 Å². The van der Waals surface area contributed by atoms with Gasteiger partial charge in [0.25, 0.3) is 0 Å². The van der Waals surface area contributed by atoms with Crippen molar-refractivity contribution in [2.45, 2.75) is 0 Å². The molecule has 3 heteroatoms. The van der Waals surface area contributed by atoms with E-state index >= 15 is 0 Å². The van der Waals surface area contributed by atoms with Crippen molar-refractivity contribution in [2.24, 2.45) is 0 Å². The fourth-order valence-corrected chi connectivity index (χ4v) is 0. The summed E-state index contributed by atoms with van der Waals surface area (Å²) in [4.78, 5) is 0. The molecule has 0 N–H and O–H groups in total. The quantitative estimate of drug-likeness (QED) is 0.342. The first-order chi connectivity index (χ1) is 0. The Hall–Kier alpha value is 2.35. The number of hydrogen-bond donors (Lipinski definition) is 0. The van der Waals surface area contributed by atoms with Crippen molar-refractivity contribution in [3.63, 3.8) is 0 Å². The van der Waals surface area contributed by atoms with Crippen LogP contribution >= 0.6 is 0 Å². The minimum absolute atomic E-state index is 0. The summed E-state index contributed by atoms with van der Waals surface area (Å²) in [7, 11) is 0. The van der Waals surface area contributed by atoms with Gasteiger partial charge >= 0.3 is 0 Å². The third-order valence-electron chi connectivity index (χ3n) is 0. The van der Waals surface area contributed by atoms with E-state index in [9.17, 15) is 0 Å². The number of hydrogen-bond acceptors (Lipinski definition) is 0. The third-order valence-corrected chi connectivity index (χ3v) is 0. The maximum atomic E-state index is 0. The molecule has 0 nitrogen and oxygen atoms in total. The molecule has 0 bridgehead atoms. The largest absolute Gasteiger partial charge is 0.358 e. The van der Waals surface area contributed by atoms with Crippen LogP contribution in [0.2, 0.25) is 0 Å². The van der Waals surface area contributed by atoms with Crippen molar-refractivity contribution in [1.29, 1.82) is 0 Å². The summed E-state index contributed by atoms with van der Waals surface area (Å²) < 4.78 is 0. The third kappa shape index (κ3) is 8.84. The Balaban J connectivity index is 0. The maximum Gasteiger partial charge on any atom is 0.187 e. The molecule has 0 saturated heterocycles. The zero-order valence-electron chi connectivity index (χ0n) is 2.08. The molecule has 0 atom stereocenters. The Labute approximate surface area is 78.0 Å². The minimum Gasteiger partial charge on any atom is -0.358 e. The van der Waals surface area contributed by atoms with E-state index in [0.29, 0.717) is 0 Å². The molecule has 0 saturated carbocycles. The van der Waals surface area contributed by atoms with Crippen LogP contribution in [0.25, 0.3) is 0 Å². The van der Waals surface area contributed by atoms with Gasteiger partial charge in [0.15, 0.2) is 17.4 Å². The molecule has 0 heterocycles.